The molecule has 0 bridgehead atoms. The molecule has 0 aliphatic rings. The van der Waals surface area contributed by atoms with Gasteiger partial charge in [0, 0.05) is 11.6 Å². The maximum Gasteiger partial charge on any atom is 0.185 e. The van der Waals surface area contributed by atoms with Crippen LogP contribution in [0.2, 0.25) is 19.6 Å². The first-order valence-electron chi connectivity index (χ1n) is 6.21. The highest BCUT2D eigenvalue weighted by molar-refractivity contribution is 7.09. The highest BCUT2D eigenvalue weighted by Gasteiger charge is 2.25. The van der Waals surface area contributed by atoms with Gasteiger partial charge in [0.2, 0.25) is 0 Å². The monoisotopic (exact) mass is 293 g/mol. The molecule has 0 spiro atoms. The van der Waals surface area contributed by atoms with Crippen LogP contribution >= 0.6 is 11.3 Å². The van der Waals surface area contributed by atoms with Crippen molar-refractivity contribution in [2.45, 2.75) is 25.7 Å². The molecule has 1 unspecified atom stereocenters. The van der Waals surface area contributed by atoms with E-state index in [0.29, 0.717) is 0 Å². The fraction of sp³-hybridized carbons (Fsp3) is 0.357. The van der Waals surface area contributed by atoms with Gasteiger partial charge in [-0.25, -0.2) is 4.98 Å². The highest BCUT2D eigenvalue weighted by atomic mass is 32.1. The number of aromatic nitrogens is 1. The number of ether oxygens (including phenoxy) is 1. The number of methoxy groups -OCH3 is 1. The van der Waals surface area contributed by atoms with Gasteiger partial charge >= 0.3 is 0 Å². The van der Waals surface area contributed by atoms with Crippen molar-refractivity contribution < 1.29 is 9.16 Å². The molecule has 0 fully saturated rings. The molecule has 3 nitrogen and oxygen atoms in total. The predicted molar refractivity (Wildman–Crippen MR) is 81.4 cm³/mol. The highest BCUT2D eigenvalue weighted by Crippen LogP contribution is 2.31. The lowest BCUT2D eigenvalue weighted by atomic mass is 10.1. The van der Waals surface area contributed by atoms with Crippen molar-refractivity contribution in [3.63, 3.8) is 0 Å². The average Bonchev–Trinajstić information content (AvgIpc) is 2.89. The fourth-order valence-electron chi connectivity index (χ4n) is 1.76. The lowest BCUT2D eigenvalue weighted by molar-refractivity contribution is 0.239. The molecule has 1 heterocycles. The number of thiazole rings is 1. The van der Waals surface area contributed by atoms with Crippen LogP contribution in [0.3, 0.4) is 0 Å². The molecular weight excluding hydrogens is 274 g/mol. The first kappa shape index (κ1) is 14.2. The van der Waals surface area contributed by atoms with Gasteiger partial charge in [-0.2, -0.15) is 0 Å². The molecule has 0 saturated carbocycles. The van der Waals surface area contributed by atoms with Crippen LogP contribution in [-0.2, 0) is 4.43 Å². The number of nitrogens with zero attached hydrogens (tertiary/aromatic N) is 1. The van der Waals surface area contributed by atoms with Crippen LogP contribution in [0.4, 0.5) is 0 Å². The fourth-order valence-corrected chi connectivity index (χ4v) is 3.49. The van der Waals surface area contributed by atoms with Gasteiger partial charge in [-0.1, -0.05) is 12.1 Å². The van der Waals surface area contributed by atoms with Crippen molar-refractivity contribution in [2.24, 2.45) is 0 Å². The summed E-state index contributed by atoms with van der Waals surface area (Å²) in [7, 11) is 0.0268. The molecule has 0 N–H and O–H groups in total. The van der Waals surface area contributed by atoms with E-state index in [4.69, 9.17) is 9.16 Å². The predicted octanol–water partition coefficient (Wildman–Crippen LogP) is 4.09. The first-order valence-corrected chi connectivity index (χ1v) is 10.5. The summed E-state index contributed by atoms with van der Waals surface area (Å²) in [6, 6.07) is 8.02. The SMILES string of the molecule is COc1ccc(C(O[Si](C)(C)C)c2nccs2)cc1. The van der Waals surface area contributed by atoms with Gasteiger partial charge in [-0.05, 0) is 37.3 Å². The molecule has 19 heavy (non-hydrogen) atoms. The van der Waals surface area contributed by atoms with E-state index in [1.807, 2.05) is 35.8 Å². The Morgan fingerprint density at radius 1 is 1.16 bits per heavy atom. The minimum atomic E-state index is -1.65. The Morgan fingerprint density at radius 3 is 2.32 bits per heavy atom. The zero-order valence-corrected chi connectivity index (χ0v) is 13.5. The Morgan fingerprint density at radius 2 is 1.84 bits per heavy atom. The summed E-state index contributed by atoms with van der Waals surface area (Å²) in [4.78, 5) is 4.40. The molecule has 0 radical (unpaired) electrons. The van der Waals surface area contributed by atoms with E-state index in [-0.39, 0.29) is 6.10 Å². The molecule has 0 saturated heterocycles. The Bertz CT molecular complexity index is 505. The molecule has 0 amide bonds. The van der Waals surface area contributed by atoms with E-state index < -0.39 is 8.32 Å². The third-order valence-corrected chi connectivity index (χ3v) is 4.33. The molecule has 102 valence electrons. The van der Waals surface area contributed by atoms with Crippen molar-refractivity contribution in [1.29, 1.82) is 0 Å². The number of hydrogen-bond donors (Lipinski definition) is 0. The average molecular weight is 293 g/mol. The molecule has 2 rings (SSSR count). The Kier molecular flexibility index (Phi) is 4.39. The summed E-state index contributed by atoms with van der Waals surface area (Å²) < 4.78 is 11.5. The van der Waals surface area contributed by atoms with Gasteiger partial charge in [0.25, 0.3) is 0 Å². The molecule has 1 atom stereocenters. The van der Waals surface area contributed by atoms with Crippen LogP contribution in [0.15, 0.2) is 35.8 Å². The number of benzene rings is 1. The van der Waals surface area contributed by atoms with Gasteiger partial charge in [0.05, 0.1) is 7.11 Å². The lowest BCUT2D eigenvalue weighted by Gasteiger charge is -2.25. The second-order valence-corrected chi connectivity index (χ2v) is 10.6. The number of rotatable bonds is 5. The van der Waals surface area contributed by atoms with Crippen molar-refractivity contribution in [3.8, 4) is 5.75 Å². The second-order valence-electron chi connectivity index (χ2n) is 5.25. The van der Waals surface area contributed by atoms with Gasteiger partial charge in [0.15, 0.2) is 8.32 Å². The normalized spacial score (nSPS) is 13.3. The van der Waals surface area contributed by atoms with E-state index in [0.717, 1.165) is 16.3 Å². The van der Waals surface area contributed by atoms with E-state index in [2.05, 4.69) is 24.6 Å². The van der Waals surface area contributed by atoms with E-state index >= 15 is 0 Å². The van der Waals surface area contributed by atoms with Crippen LogP contribution < -0.4 is 4.74 Å². The van der Waals surface area contributed by atoms with Gasteiger partial charge < -0.3 is 9.16 Å². The summed E-state index contributed by atoms with van der Waals surface area (Å²) >= 11 is 1.63. The van der Waals surface area contributed by atoms with Crippen LogP contribution in [0.25, 0.3) is 0 Å². The van der Waals surface area contributed by atoms with Crippen molar-refractivity contribution >= 4 is 19.7 Å². The standard InChI is InChI=1S/C14H19NO2SSi/c1-16-12-7-5-11(6-8-12)13(17-19(2,3)4)14-15-9-10-18-14/h5-10,13H,1-4H3. The smallest absolute Gasteiger partial charge is 0.185 e. The first-order chi connectivity index (χ1) is 8.99. The van der Waals surface area contributed by atoms with Crippen molar-refractivity contribution in [3.05, 3.63) is 46.4 Å². The third-order valence-electron chi connectivity index (χ3n) is 2.57. The summed E-state index contributed by atoms with van der Waals surface area (Å²) in [5.41, 5.74) is 1.12. The molecule has 0 aliphatic carbocycles. The Hall–Kier alpha value is -1.17. The molecule has 5 heteroatoms. The van der Waals surface area contributed by atoms with Crippen LogP contribution in [0.5, 0.6) is 5.75 Å². The zero-order valence-electron chi connectivity index (χ0n) is 11.7. The van der Waals surface area contributed by atoms with Gasteiger partial charge in [-0.3, -0.25) is 0 Å². The summed E-state index contributed by atoms with van der Waals surface area (Å²) in [6.07, 6.45) is 1.75. The van der Waals surface area contributed by atoms with E-state index in [1.165, 1.54) is 0 Å². The molecule has 1 aromatic carbocycles. The van der Waals surface area contributed by atoms with Crippen molar-refractivity contribution in [2.75, 3.05) is 7.11 Å². The second kappa shape index (κ2) is 5.86. The minimum Gasteiger partial charge on any atom is -0.497 e. The molecule has 0 aliphatic heterocycles. The maximum atomic E-state index is 6.29. The Labute approximate surface area is 119 Å². The van der Waals surface area contributed by atoms with E-state index in [1.54, 1.807) is 18.4 Å². The minimum absolute atomic E-state index is 0.0717. The van der Waals surface area contributed by atoms with Crippen molar-refractivity contribution in [1.82, 2.24) is 4.98 Å². The van der Waals surface area contributed by atoms with Gasteiger partial charge in [-0.15, -0.1) is 11.3 Å². The summed E-state index contributed by atoms with van der Waals surface area (Å²) in [5.74, 6) is 0.856. The van der Waals surface area contributed by atoms with Crippen LogP contribution in [0, 0.1) is 0 Å². The molecule has 1 aromatic heterocycles. The third kappa shape index (κ3) is 3.89. The summed E-state index contributed by atoms with van der Waals surface area (Å²) in [6.45, 7) is 6.57. The summed E-state index contributed by atoms with van der Waals surface area (Å²) in [5, 5.41) is 2.99. The number of hydrogen-bond acceptors (Lipinski definition) is 4. The van der Waals surface area contributed by atoms with Gasteiger partial charge in [0.1, 0.15) is 16.9 Å². The lowest BCUT2D eigenvalue weighted by Crippen LogP contribution is -2.28. The molecule has 2 aromatic rings. The largest absolute Gasteiger partial charge is 0.497 e. The topological polar surface area (TPSA) is 31.4 Å². The molecular formula is C14H19NO2SSi. The van der Waals surface area contributed by atoms with Crippen LogP contribution in [-0.4, -0.2) is 20.4 Å². The van der Waals surface area contributed by atoms with E-state index in [9.17, 15) is 0 Å². The maximum absolute atomic E-state index is 6.29. The Balaban J connectivity index is 2.31. The zero-order chi connectivity index (χ0) is 13.9. The van der Waals surface area contributed by atoms with Crippen LogP contribution in [0.1, 0.15) is 16.7 Å². The quantitative estimate of drug-likeness (QED) is 0.778.